The number of amides is 1. The molecule has 1 N–H and O–H groups in total. The Bertz CT molecular complexity index is 726. The van der Waals surface area contributed by atoms with Gasteiger partial charge >= 0.3 is 5.97 Å². The van der Waals surface area contributed by atoms with Gasteiger partial charge in [-0.1, -0.05) is 61.8 Å². The van der Waals surface area contributed by atoms with E-state index in [1.54, 1.807) is 24.3 Å². The lowest BCUT2D eigenvalue weighted by Crippen LogP contribution is -2.30. The highest BCUT2D eigenvalue weighted by Gasteiger charge is 2.12. The lowest BCUT2D eigenvalue weighted by molar-refractivity contribution is -0.124. The average Bonchev–Trinajstić information content (AvgIpc) is 2.60. The van der Waals surface area contributed by atoms with Crippen molar-refractivity contribution in [3.05, 3.63) is 70.2 Å². The number of carbonyl (C=O) groups excluding carboxylic acids is 2. The molecule has 132 valence electrons. The molecule has 0 aliphatic rings. The van der Waals surface area contributed by atoms with Gasteiger partial charge in [-0.05, 0) is 35.6 Å². The molecule has 2 aromatic rings. The molecule has 0 aliphatic carbocycles. The van der Waals surface area contributed by atoms with Crippen LogP contribution in [0.4, 0.5) is 0 Å². The van der Waals surface area contributed by atoms with Crippen molar-refractivity contribution >= 4 is 23.5 Å². The van der Waals surface area contributed by atoms with Crippen LogP contribution in [0.15, 0.2) is 48.5 Å². The third-order valence-corrected chi connectivity index (χ3v) is 4.14. The summed E-state index contributed by atoms with van der Waals surface area (Å²) in [5.74, 6) is -0.439. The Balaban J connectivity index is 1.72. The summed E-state index contributed by atoms with van der Waals surface area (Å²) < 4.78 is 4.98. The molecule has 0 fully saturated rings. The fourth-order valence-corrected chi connectivity index (χ4v) is 2.51. The Kier molecular flexibility index (Phi) is 7.02. The van der Waals surface area contributed by atoms with Crippen LogP contribution in [0, 0.1) is 0 Å². The van der Waals surface area contributed by atoms with Crippen LogP contribution in [0.25, 0.3) is 0 Å². The smallest absolute Gasteiger partial charge is 0.340 e. The first-order chi connectivity index (χ1) is 12.0. The monoisotopic (exact) mass is 359 g/mol. The van der Waals surface area contributed by atoms with Crippen LogP contribution in [0.1, 0.15) is 41.3 Å². The molecule has 0 bridgehead atoms. The third kappa shape index (κ3) is 5.91. The van der Waals surface area contributed by atoms with Crippen LogP contribution >= 0.6 is 11.6 Å². The van der Waals surface area contributed by atoms with Gasteiger partial charge in [0.15, 0.2) is 6.61 Å². The number of rotatable bonds is 7. The average molecular weight is 360 g/mol. The molecule has 0 radical (unpaired) electrons. The fraction of sp³-hybridized carbons (Fsp3) is 0.300. The summed E-state index contributed by atoms with van der Waals surface area (Å²) in [7, 11) is 0. The second-order valence-electron chi connectivity index (χ2n) is 6.05. The minimum atomic E-state index is -0.606. The molecule has 0 heterocycles. The van der Waals surface area contributed by atoms with Gasteiger partial charge in [-0.25, -0.2) is 4.79 Å². The van der Waals surface area contributed by atoms with Crippen LogP contribution in [0.2, 0.25) is 5.02 Å². The molecule has 4 nitrogen and oxygen atoms in total. The van der Waals surface area contributed by atoms with Gasteiger partial charge in [0.1, 0.15) is 0 Å². The maximum absolute atomic E-state index is 11.9. The lowest BCUT2D eigenvalue weighted by atomic mass is 10.0. The molecule has 0 aliphatic heterocycles. The van der Waals surface area contributed by atoms with Crippen molar-refractivity contribution in [2.45, 2.75) is 26.2 Å². The first-order valence-corrected chi connectivity index (χ1v) is 8.62. The van der Waals surface area contributed by atoms with E-state index >= 15 is 0 Å². The molecule has 1 amide bonds. The Morgan fingerprint density at radius 2 is 1.76 bits per heavy atom. The minimum Gasteiger partial charge on any atom is -0.452 e. The molecule has 0 unspecified atom stereocenters. The number of esters is 1. The zero-order chi connectivity index (χ0) is 18.2. The SMILES string of the molecule is CC(C)c1ccc(CCNC(=O)COC(=O)c2ccccc2Cl)cc1. The van der Waals surface area contributed by atoms with Crippen molar-refractivity contribution < 1.29 is 14.3 Å². The van der Waals surface area contributed by atoms with Crippen molar-refractivity contribution in [2.75, 3.05) is 13.2 Å². The molecule has 0 spiro atoms. The number of ether oxygens (including phenoxy) is 1. The molecule has 0 saturated heterocycles. The number of carbonyl (C=O) groups is 2. The predicted octanol–water partition coefficient (Wildman–Crippen LogP) is 3.98. The number of hydrogen-bond acceptors (Lipinski definition) is 3. The molecule has 0 aromatic heterocycles. The lowest BCUT2D eigenvalue weighted by Gasteiger charge is -2.09. The van der Waals surface area contributed by atoms with E-state index in [0.29, 0.717) is 17.5 Å². The largest absolute Gasteiger partial charge is 0.452 e. The van der Waals surface area contributed by atoms with E-state index in [-0.39, 0.29) is 18.1 Å². The molecule has 2 rings (SSSR count). The summed E-state index contributed by atoms with van der Waals surface area (Å²) >= 11 is 5.92. The topological polar surface area (TPSA) is 55.4 Å². The third-order valence-electron chi connectivity index (χ3n) is 3.81. The summed E-state index contributed by atoms with van der Waals surface area (Å²) in [6, 6.07) is 14.9. The number of nitrogens with one attached hydrogen (secondary N) is 1. The highest BCUT2D eigenvalue weighted by molar-refractivity contribution is 6.33. The van der Waals surface area contributed by atoms with Gasteiger partial charge in [-0.15, -0.1) is 0 Å². The molecule has 2 aromatic carbocycles. The Labute approximate surface area is 153 Å². The first kappa shape index (κ1) is 19.0. The van der Waals surface area contributed by atoms with Gasteiger partial charge in [0, 0.05) is 6.54 Å². The highest BCUT2D eigenvalue weighted by Crippen LogP contribution is 2.16. The Morgan fingerprint density at radius 1 is 1.08 bits per heavy atom. The van der Waals surface area contributed by atoms with Crippen molar-refractivity contribution in [1.29, 1.82) is 0 Å². The van der Waals surface area contributed by atoms with Crippen LogP contribution < -0.4 is 5.32 Å². The highest BCUT2D eigenvalue weighted by atomic mass is 35.5. The summed E-state index contributed by atoms with van der Waals surface area (Å²) in [5.41, 5.74) is 2.69. The second-order valence-corrected chi connectivity index (χ2v) is 6.46. The molecule has 5 heteroatoms. The van der Waals surface area contributed by atoms with E-state index in [2.05, 4.69) is 43.4 Å². The quantitative estimate of drug-likeness (QED) is 0.761. The molecular formula is C20H22ClNO3. The Morgan fingerprint density at radius 3 is 2.40 bits per heavy atom. The molecule has 0 saturated carbocycles. The first-order valence-electron chi connectivity index (χ1n) is 8.24. The summed E-state index contributed by atoms with van der Waals surface area (Å²) in [6.45, 7) is 4.47. The van der Waals surface area contributed by atoms with E-state index in [4.69, 9.17) is 16.3 Å². The fourth-order valence-electron chi connectivity index (χ4n) is 2.30. The van der Waals surface area contributed by atoms with E-state index in [1.165, 1.54) is 5.56 Å². The van der Waals surface area contributed by atoms with Crippen molar-refractivity contribution in [3.8, 4) is 0 Å². The summed E-state index contributed by atoms with van der Waals surface area (Å²) in [5, 5.41) is 3.04. The van der Waals surface area contributed by atoms with Gasteiger partial charge in [-0.3, -0.25) is 4.79 Å². The molecular weight excluding hydrogens is 338 g/mol. The van der Waals surface area contributed by atoms with Gasteiger partial charge in [-0.2, -0.15) is 0 Å². The van der Waals surface area contributed by atoms with Gasteiger partial charge < -0.3 is 10.1 Å². The van der Waals surface area contributed by atoms with Gasteiger partial charge in [0.05, 0.1) is 10.6 Å². The zero-order valence-corrected chi connectivity index (χ0v) is 15.2. The van der Waals surface area contributed by atoms with E-state index in [1.807, 2.05) is 0 Å². The van der Waals surface area contributed by atoms with Crippen LogP contribution in [0.3, 0.4) is 0 Å². The standard InChI is InChI=1S/C20H22ClNO3/c1-14(2)16-9-7-15(8-10-16)11-12-22-19(23)13-25-20(24)17-5-3-4-6-18(17)21/h3-10,14H,11-13H2,1-2H3,(H,22,23). The minimum absolute atomic E-state index is 0.252. The normalized spacial score (nSPS) is 10.6. The van der Waals surface area contributed by atoms with Crippen LogP contribution in [0.5, 0.6) is 0 Å². The van der Waals surface area contributed by atoms with Gasteiger partial charge in [0.25, 0.3) is 5.91 Å². The van der Waals surface area contributed by atoms with E-state index < -0.39 is 5.97 Å². The maximum Gasteiger partial charge on any atom is 0.340 e. The molecule has 25 heavy (non-hydrogen) atoms. The summed E-state index contributed by atoms with van der Waals surface area (Å²) in [4.78, 5) is 23.6. The Hall–Kier alpha value is -2.33. The van der Waals surface area contributed by atoms with E-state index in [9.17, 15) is 9.59 Å². The van der Waals surface area contributed by atoms with Crippen LogP contribution in [-0.4, -0.2) is 25.0 Å². The van der Waals surface area contributed by atoms with Gasteiger partial charge in [0.2, 0.25) is 0 Å². The number of hydrogen-bond donors (Lipinski definition) is 1. The van der Waals surface area contributed by atoms with Crippen LogP contribution in [-0.2, 0) is 16.0 Å². The van der Waals surface area contributed by atoms with Crippen molar-refractivity contribution in [3.63, 3.8) is 0 Å². The second kappa shape index (κ2) is 9.23. The van der Waals surface area contributed by atoms with E-state index in [0.717, 1.165) is 12.0 Å². The number of benzene rings is 2. The maximum atomic E-state index is 11.9. The van der Waals surface area contributed by atoms with Crippen molar-refractivity contribution in [2.24, 2.45) is 0 Å². The number of halogens is 1. The molecule has 0 atom stereocenters. The predicted molar refractivity (Wildman–Crippen MR) is 99.0 cm³/mol. The van der Waals surface area contributed by atoms with Crippen molar-refractivity contribution in [1.82, 2.24) is 5.32 Å². The summed E-state index contributed by atoms with van der Waals surface area (Å²) in [6.07, 6.45) is 0.725. The zero-order valence-electron chi connectivity index (χ0n) is 14.4.